The molecule has 18 heavy (non-hydrogen) atoms. The highest BCUT2D eigenvalue weighted by molar-refractivity contribution is 6.21. The molecule has 2 heteroatoms. The normalized spacial score (nSPS) is 12.2. The molecule has 0 amide bonds. The molecule has 0 radical (unpaired) electrons. The van der Waals surface area contributed by atoms with Gasteiger partial charge in [-0.25, -0.2) is 0 Å². The average molecular weight is 260 g/mol. The van der Waals surface area contributed by atoms with E-state index in [-0.39, 0.29) is 5.38 Å². The maximum absolute atomic E-state index is 6.17. The fourth-order valence-corrected chi connectivity index (χ4v) is 2.10. The molecule has 0 spiro atoms. The van der Waals surface area contributed by atoms with Crippen molar-refractivity contribution in [2.24, 2.45) is 0 Å². The number of hydrogen-bond donors (Lipinski definition) is 1. The van der Waals surface area contributed by atoms with Crippen molar-refractivity contribution in [3.05, 3.63) is 65.2 Å². The summed E-state index contributed by atoms with van der Waals surface area (Å²) in [6, 6.07) is 16.7. The first-order chi connectivity index (χ1) is 8.66. The molecular formula is C16H18ClN. The molecule has 0 heterocycles. The lowest BCUT2D eigenvalue weighted by Gasteiger charge is -2.13. The monoisotopic (exact) mass is 259 g/mol. The molecule has 2 aromatic rings. The molecular weight excluding hydrogens is 242 g/mol. The predicted molar refractivity (Wildman–Crippen MR) is 79.2 cm³/mol. The Labute approximate surface area is 114 Å². The van der Waals surface area contributed by atoms with Gasteiger partial charge >= 0.3 is 0 Å². The van der Waals surface area contributed by atoms with E-state index in [4.69, 9.17) is 11.6 Å². The average Bonchev–Trinajstić information content (AvgIpc) is 2.38. The van der Waals surface area contributed by atoms with E-state index in [2.05, 4.69) is 48.6 Å². The molecule has 0 saturated heterocycles. The number of para-hydroxylation sites is 1. The van der Waals surface area contributed by atoms with E-state index in [0.717, 1.165) is 17.8 Å². The summed E-state index contributed by atoms with van der Waals surface area (Å²) in [5, 5.41) is 3.47. The summed E-state index contributed by atoms with van der Waals surface area (Å²) in [6.45, 7) is 4.91. The first kappa shape index (κ1) is 13.0. The van der Waals surface area contributed by atoms with Gasteiger partial charge in [0.05, 0.1) is 5.38 Å². The van der Waals surface area contributed by atoms with Crippen LogP contribution < -0.4 is 5.32 Å². The molecule has 1 N–H and O–H groups in total. The molecule has 0 aliphatic carbocycles. The van der Waals surface area contributed by atoms with Crippen molar-refractivity contribution < 1.29 is 0 Å². The zero-order chi connectivity index (χ0) is 13.0. The number of rotatable bonds is 4. The van der Waals surface area contributed by atoms with Crippen molar-refractivity contribution in [1.82, 2.24) is 0 Å². The minimum Gasteiger partial charge on any atom is -0.381 e. The predicted octanol–water partition coefficient (Wildman–Crippen LogP) is 4.91. The lowest BCUT2D eigenvalue weighted by atomic mass is 10.1. The maximum Gasteiger partial charge on any atom is 0.0577 e. The van der Waals surface area contributed by atoms with Gasteiger partial charge in [-0.3, -0.25) is 0 Å². The van der Waals surface area contributed by atoms with Gasteiger partial charge in [0.25, 0.3) is 0 Å². The number of benzene rings is 2. The molecule has 0 aliphatic rings. The van der Waals surface area contributed by atoms with Gasteiger partial charge in [-0.15, -0.1) is 11.6 Å². The topological polar surface area (TPSA) is 12.0 Å². The Bertz CT molecular complexity index is 503. The van der Waals surface area contributed by atoms with Crippen molar-refractivity contribution in [1.29, 1.82) is 0 Å². The highest BCUT2D eigenvalue weighted by atomic mass is 35.5. The van der Waals surface area contributed by atoms with Crippen LogP contribution in [0.3, 0.4) is 0 Å². The van der Waals surface area contributed by atoms with Crippen LogP contribution in [0.25, 0.3) is 0 Å². The van der Waals surface area contributed by atoms with Gasteiger partial charge in [-0.2, -0.15) is 0 Å². The van der Waals surface area contributed by atoms with Crippen molar-refractivity contribution in [3.8, 4) is 0 Å². The number of alkyl halides is 1. The van der Waals surface area contributed by atoms with Crippen molar-refractivity contribution in [2.45, 2.75) is 25.8 Å². The smallest absolute Gasteiger partial charge is 0.0577 e. The number of halogens is 1. The Balaban J connectivity index is 2.08. The van der Waals surface area contributed by atoms with Gasteiger partial charge < -0.3 is 5.32 Å². The Kier molecular flexibility index (Phi) is 4.27. The summed E-state index contributed by atoms with van der Waals surface area (Å²) in [5.41, 5.74) is 4.82. The summed E-state index contributed by atoms with van der Waals surface area (Å²) >= 11 is 6.17. The minimum atomic E-state index is 0.0201. The largest absolute Gasteiger partial charge is 0.381 e. The van der Waals surface area contributed by atoms with E-state index in [1.807, 2.05) is 19.1 Å². The van der Waals surface area contributed by atoms with Crippen molar-refractivity contribution >= 4 is 17.3 Å². The van der Waals surface area contributed by atoms with Gasteiger partial charge in [0, 0.05) is 12.2 Å². The Morgan fingerprint density at radius 3 is 2.39 bits per heavy atom. The van der Waals surface area contributed by atoms with E-state index in [0.29, 0.717) is 0 Å². The number of hydrogen-bond acceptors (Lipinski definition) is 1. The first-order valence-electron chi connectivity index (χ1n) is 6.19. The van der Waals surface area contributed by atoms with Crippen LogP contribution >= 0.6 is 11.6 Å². The molecule has 94 valence electrons. The van der Waals surface area contributed by atoms with Crippen molar-refractivity contribution in [3.63, 3.8) is 0 Å². The summed E-state index contributed by atoms with van der Waals surface area (Å²) in [5.74, 6) is 0. The fraction of sp³-hybridized carbons (Fsp3) is 0.250. The maximum atomic E-state index is 6.17. The molecule has 1 nitrogen and oxygen atoms in total. The van der Waals surface area contributed by atoms with E-state index < -0.39 is 0 Å². The van der Waals surface area contributed by atoms with Crippen LogP contribution in [-0.2, 0) is 6.54 Å². The lowest BCUT2D eigenvalue weighted by Crippen LogP contribution is -2.02. The molecule has 0 fully saturated rings. The second kappa shape index (κ2) is 5.92. The van der Waals surface area contributed by atoms with Crippen LogP contribution in [-0.4, -0.2) is 0 Å². The molecule has 1 unspecified atom stereocenters. The van der Waals surface area contributed by atoms with Crippen molar-refractivity contribution in [2.75, 3.05) is 5.32 Å². The zero-order valence-electron chi connectivity index (χ0n) is 10.8. The van der Waals surface area contributed by atoms with Crippen LogP contribution in [0.4, 0.5) is 5.69 Å². The van der Waals surface area contributed by atoms with Crippen LogP contribution in [0, 0.1) is 6.92 Å². The van der Waals surface area contributed by atoms with E-state index in [9.17, 15) is 0 Å². The third-order valence-electron chi connectivity index (χ3n) is 2.99. The van der Waals surface area contributed by atoms with Gasteiger partial charge in [-0.05, 0) is 31.0 Å². The van der Waals surface area contributed by atoms with Gasteiger partial charge in [-0.1, -0.05) is 48.0 Å². The second-order valence-corrected chi connectivity index (χ2v) is 5.20. The lowest BCUT2D eigenvalue weighted by molar-refractivity contribution is 1.06. The highest BCUT2D eigenvalue weighted by Gasteiger charge is 2.06. The van der Waals surface area contributed by atoms with Crippen LogP contribution in [0.2, 0.25) is 0 Å². The quantitative estimate of drug-likeness (QED) is 0.770. The third-order valence-corrected chi connectivity index (χ3v) is 3.23. The Hall–Kier alpha value is -1.47. The zero-order valence-corrected chi connectivity index (χ0v) is 11.5. The standard InChI is InChI=1S/C16H18ClN/c1-12-7-9-14(10-8-12)11-18-16-6-4-3-5-15(16)13(2)17/h3-10,13,18H,11H2,1-2H3. The minimum absolute atomic E-state index is 0.0201. The first-order valence-corrected chi connectivity index (χ1v) is 6.63. The van der Waals surface area contributed by atoms with Gasteiger partial charge in [0.15, 0.2) is 0 Å². The second-order valence-electron chi connectivity index (χ2n) is 4.54. The molecule has 1 atom stereocenters. The highest BCUT2D eigenvalue weighted by Crippen LogP contribution is 2.27. The number of anilines is 1. The van der Waals surface area contributed by atoms with Crippen LogP contribution in [0.15, 0.2) is 48.5 Å². The SMILES string of the molecule is Cc1ccc(CNc2ccccc2C(C)Cl)cc1. The summed E-state index contributed by atoms with van der Waals surface area (Å²) in [6.07, 6.45) is 0. The molecule has 0 aromatic heterocycles. The van der Waals surface area contributed by atoms with Crippen LogP contribution in [0.5, 0.6) is 0 Å². The van der Waals surface area contributed by atoms with Gasteiger partial charge in [0.2, 0.25) is 0 Å². The van der Waals surface area contributed by atoms with E-state index >= 15 is 0 Å². The van der Waals surface area contributed by atoms with E-state index in [1.54, 1.807) is 0 Å². The summed E-state index contributed by atoms with van der Waals surface area (Å²) in [4.78, 5) is 0. The number of nitrogens with one attached hydrogen (secondary N) is 1. The molecule has 0 bridgehead atoms. The Morgan fingerprint density at radius 1 is 1.06 bits per heavy atom. The molecule has 0 saturated carbocycles. The summed E-state index contributed by atoms with van der Waals surface area (Å²) in [7, 11) is 0. The van der Waals surface area contributed by atoms with Gasteiger partial charge in [0.1, 0.15) is 0 Å². The number of aryl methyl sites for hydroxylation is 1. The Morgan fingerprint density at radius 2 is 1.72 bits per heavy atom. The van der Waals surface area contributed by atoms with E-state index in [1.165, 1.54) is 11.1 Å². The fourth-order valence-electron chi connectivity index (χ4n) is 1.91. The third kappa shape index (κ3) is 3.27. The van der Waals surface area contributed by atoms with Crippen LogP contribution in [0.1, 0.15) is 29.0 Å². The summed E-state index contributed by atoms with van der Waals surface area (Å²) < 4.78 is 0. The molecule has 2 rings (SSSR count). The molecule has 0 aliphatic heterocycles. The molecule has 2 aromatic carbocycles.